The first-order valence-corrected chi connectivity index (χ1v) is 5.80. The third-order valence-electron chi connectivity index (χ3n) is 2.54. The number of carbonyl (C=O) groups excluding carboxylic acids is 1. The number of rotatable bonds is 4. The number of hydrogen-bond donors (Lipinski definition) is 1. The molecule has 0 bridgehead atoms. The molecule has 2 rings (SSSR count). The molecule has 6 heteroatoms. The Labute approximate surface area is 114 Å². The zero-order valence-electron chi connectivity index (χ0n) is 10.4. The number of nitrogens with zero attached hydrogens (tertiary/aromatic N) is 2. The molecular weight excluding hydrogens is 258 g/mol. The fourth-order valence-electron chi connectivity index (χ4n) is 1.58. The van der Waals surface area contributed by atoms with Crippen LogP contribution in [-0.2, 0) is 0 Å². The van der Waals surface area contributed by atoms with Gasteiger partial charge in [0.2, 0.25) is 0 Å². The van der Waals surface area contributed by atoms with Crippen molar-refractivity contribution in [1.29, 1.82) is 0 Å². The lowest BCUT2D eigenvalue weighted by Crippen LogP contribution is -2.17. The Morgan fingerprint density at radius 1 is 1.10 bits per heavy atom. The molecule has 0 spiro atoms. The highest BCUT2D eigenvalue weighted by molar-refractivity contribution is 5.95. The van der Waals surface area contributed by atoms with Crippen LogP contribution in [0, 0.1) is 10.1 Å². The highest BCUT2D eigenvalue weighted by Crippen LogP contribution is 2.14. The summed E-state index contributed by atoms with van der Waals surface area (Å²) in [5, 5.41) is 14.5. The van der Waals surface area contributed by atoms with Crippen molar-refractivity contribution in [3.05, 3.63) is 75.8 Å². The fraction of sp³-hybridized carbons (Fsp3) is 0. The van der Waals surface area contributed by atoms with Crippen molar-refractivity contribution in [3.8, 4) is 0 Å². The van der Waals surface area contributed by atoms with Crippen LogP contribution in [-0.4, -0.2) is 17.0 Å². The van der Waals surface area contributed by atoms with Gasteiger partial charge in [0.15, 0.2) is 0 Å². The fourth-order valence-corrected chi connectivity index (χ4v) is 1.58. The van der Waals surface area contributed by atoms with Crippen molar-refractivity contribution in [2.24, 2.45) is 5.10 Å². The van der Waals surface area contributed by atoms with Crippen molar-refractivity contribution in [1.82, 2.24) is 5.43 Å². The van der Waals surface area contributed by atoms with Crippen LogP contribution >= 0.6 is 0 Å². The van der Waals surface area contributed by atoms with Gasteiger partial charge >= 0.3 is 0 Å². The summed E-state index contributed by atoms with van der Waals surface area (Å²) in [6.45, 7) is 0. The second-order valence-electron chi connectivity index (χ2n) is 3.88. The second kappa shape index (κ2) is 6.24. The zero-order chi connectivity index (χ0) is 14.4. The minimum absolute atomic E-state index is 0.0646. The zero-order valence-corrected chi connectivity index (χ0v) is 10.4. The summed E-state index contributed by atoms with van der Waals surface area (Å²) >= 11 is 0. The average Bonchev–Trinajstić information content (AvgIpc) is 2.48. The molecule has 1 N–H and O–H groups in total. The maximum Gasteiger partial charge on any atom is 0.278 e. The van der Waals surface area contributed by atoms with E-state index in [1.807, 2.05) is 0 Å². The van der Waals surface area contributed by atoms with E-state index in [-0.39, 0.29) is 11.6 Å². The molecule has 0 saturated heterocycles. The number of benzene rings is 2. The molecule has 0 fully saturated rings. The van der Waals surface area contributed by atoms with Crippen molar-refractivity contribution < 1.29 is 9.72 Å². The molecule has 0 radical (unpaired) electrons. The summed E-state index contributed by atoms with van der Waals surface area (Å²) in [5.74, 6) is -0.375. The molecule has 0 aliphatic rings. The summed E-state index contributed by atoms with van der Waals surface area (Å²) in [5.41, 5.74) is 3.05. The Bertz CT molecular complexity index is 654. The van der Waals surface area contributed by atoms with Gasteiger partial charge in [0.1, 0.15) is 0 Å². The first kappa shape index (κ1) is 13.4. The average molecular weight is 269 g/mol. The van der Waals surface area contributed by atoms with Crippen LogP contribution in [0.4, 0.5) is 5.69 Å². The molecule has 6 nitrogen and oxygen atoms in total. The number of amides is 1. The van der Waals surface area contributed by atoms with Crippen molar-refractivity contribution >= 4 is 17.8 Å². The van der Waals surface area contributed by atoms with E-state index in [0.29, 0.717) is 11.1 Å². The number of para-hydroxylation sites is 1. The van der Waals surface area contributed by atoms with E-state index in [2.05, 4.69) is 10.5 Å². The minimum Gasteiger partial charge on any atom is -0.267 e. The molecule has 0 aliphatic heterocycles. The Morgan fingerprint density at radius 3 is 2.45 bits per heavy atom. The Morgan fingerprint density at radius 2 is 1.75 bits per heavy atom. The van der Waals surface area contributed by atoms with Gasteiger partial charge in [-0.3, -0.25) is 14.9 Å². The summed E-state index contributed by atoms with van der Waals surface area (Å²) in [4.78, 5) is 22.0. The van der Waals surface area contributed by atoms with Crippen molar-refractivity contribution in [2.75, 3.05) is 0 Å². The third-order valence-corrected chi connectivity index (χ3v) is 2.54. The number of nitro benzene ring substituents is 1. The molecule has 100 valence electrons. The lowest BCUT2D eigenvalue weighted by atomic mass is 10.2. The van der Waals surface area contributed by atoms with E-state index in [9.17, 15) is 14.9 Å². The number of hydrazone groups is 1. The van der Waals surface area contributed by atoms with Gasteiger partial charge in [-0.15, -0.1) is 0 Å². The van der Waals surface area contributed by atoms with Gasteiger partial charge in [0, 0.05) is 11.6 Å². The van der Waals surface area contributed by atoms with Crippen LogP contribution in [0.3, 0.4) is 0 Å². The topological polar surface area (TPSA) is 84.6 Å². The molecule has 0 saturated carbocycles. The molecule has 2 aromatic rings. The number of carbonyl (C=O) groups is 1. The third kappa shape index (κ3) is 3.26. The largest absolute Gasteiger partial charge is 0.278 e. The molecule has 0 aliphatic carbocycles. The van der Waals surface area contributed by atoms with Crippen LogP contribution in [0.1, 0.15) is 15.9 Å². The van der Waals surface area contributed by atoms with Gasteiger partial charge in [0.05, 0.1) is 16.7 Å². The number of nitro groups is 1. The summed E-state index contributed by atoms with van der Waals surface area (Å²) in [6, 6.07) is 14.7. The van der Waals surface area contributed by atoms with Crippen LogP contribution < -0.4 is 5.43 Å². The lowest BCUT2D eigenvalue weighted by molar-refractivity contribution is -0.385. The number of hydrogen-bond acceptors (Lipinski definition) is 4. The minimum atomic E-state index is -0.500. The molecule has 0 aromatic heterocycles. The SMILES string of the molecule is O=C(N/N=C/c1ccccc1[N+](=O)[O-])c1ccccc1. The van der Waals surface area contributed by atoms with Gasteiger partial charge in [0.25, 0.3) is 11.6 Å². The highest BCUT2D eigenvalue weighted by Gasteiger charge is 2.10. The molecular formula is C14H11N3O3. The van der Waals surface area contributed by atoms with Gasteiger partial charge in [-0.05, 0) is 18.2 Å². The monoisotopic (exact) mass is 269 g/mol. The summed E-state index contributed by atoms with van der Waals surface area (Å²) < 4.78 is 0. The van der Waals surface area contributed by atoms with E-state index in [0.717, 1.165) is 0 Å². The van der Waals surface area contributed by atoms with E-state index < -0.39 is 4.92 Å². The Hall–Kier alpha value is -3.02. The molecule has 0 atom stereocenters. The van der Waals surface area contributed by atoms with E-state index in [4.69, 9.17) is 0 Å². The van der Waals surface area contributed by atoms with Crippen LogP contribution in [0.2, 0.25) is 0 Å². The number of nitrogens with one attached hydrogen (secondary N) is 1. The van der Waals surface area contributed by atoms with Crippen LogP contribution in [0.15, 0.2) is 59.7 Å². The van der Waals surface area contributed by atoms with E-state index in [1.165, 1.54) is 12.3 Å². The maximum atomic E-state index is 11.7. The summed E-state index contributed by atoms with van der Waals surface area (Å²) in [6.07, 6.45) is 1.25. The van der Waals surface area contributed by atoms with Gasteiger partial charge < -0.3 is 0 Å². The van der Waals surface area contributed by atoms with E-state index in [1.54, 1.807) is 48.5 Å². The molecule has 0 unspecified atom stereocenters. The van der Waals surface area contributed by atoms with Crippen molar-refractivity contribution in [2.45, 2.75) is 0 Å². The van der Waals surface area contributed by atoms with Crippen LogP contribution in [0.5, 0.6) is 0 Å². The molecule has 0 heterocycles. The quantitative estimate of drug-likeness (QED) is 0.525. The van der Waals surface area contributed by atoms with Gasteiger partial charge in [-0.1, -0.05) is 30.3 Å². The molecule has 20 heavy (non-hydrogen) atoms. The second-order valence-corrected chi connectivity index (χ2v) is 3.88. The van der Waals surface area contributed by atoms with Gasteiger partial charge in [-0.25, -0.2) is 5.43 Å². The first-order chi connectivity index (χ1) is 9.68. The Kier molecular flexibility index (Phi) is 4.18. The first-order valence-electron chi connectivity index (χ1n) is 5.80. The smallest absolute Gasteiger partial charge is 0.267 e. The highest BCUT2D eigenvalue weighted by atomic mass is 16.6. The predicted molar refractivity (Wildman–Crippen MR) is 74.6 cm³/mol. The van der Waals surface area contributed by atoms with Gasteiger partial charge in [-0.2, -0.15) is 5.10 Å². The maximum absolute atomic E-state index is 11.7. The Balaban J connectivity index is 2.08. The van der Waals surface area contributed by atoms with Crippen LogP contribution in [0.25, 0.3) is 0 Å². The standard InChI is InChI=1S/C14H11N3O3/c18-14(11-6-2-1-3-7-11)16-15-10-12-8-4-5-9-13(12)17(19)20/h1-10H,(H,16,18)/b15-10+. The summed E-state index contributed by atoms with van der Waals surface area (Å²) in [7, 11) is 0. The lowest BCUT2D eigenvalue weighted by Gasteiger charge is -1.99. The molecule has 1 amide bonds. The van der Waals surface area contributed by atoms with E-state index >= 15 is 0 Å². The normalized spacial score (nSPS) is 10.4. The van der Waals surface area contributed by atoms with Crippen molar-refractivity contribution in [3.63, 3.8) is 0 Å². The predicted octanol–water partition coefficient (Wildman–Crippen LogP) is 2.36. The molecule has 2 aromatic carbocycles.